The van der Waals surface area contributed by atoms with Crippen molar-refractivity contribution in [3.8, 4) is 0 Å². The van der Waals surface area contributed by atoms with E-state index in [-0.39, 0.29) is 0 Å². The quantitative estimate of drug-likeness (QED) is 0.618. The molecule has 92 valence electrons. The van der Waals surface area contributed by atoms with E-state index < -0.39 is 0 Å². The van der Waals surface area contributed by atoms with E-state index in [1.807, 2.05) is 60.7 Å². The van der Waals surface area contributed by atoms with Gasteiger partial charge in [0.2, 0.25) is 0 Å². The highest BCUT2D eigenvalue weighted by molar-refractivity contribution is 5.98. The van der Waals surface area contributed by atoms with Gasteiger partial charge in [0, 0.05) is 11.6 Å². The molecule has 0 saturated carbocycles. The van der Waals surface area contributed by atoms with Crippen molar-refractivity contribution in [2.75, 3.05) is 5.32 Å². The van der Waals surface area contributed by atoms with Crippen molar-refractivity contribution in [3.05, 3.63) is 60.7 Å². The summed E-state index contributed by atoms with van der Waals surface area (Å²) in [4.78, 5) is 4.66. The lowest BCUT2D eigenvalue weighted by molar-refractivity contribution is 0.881. The molecule has 2 aromatic carbocycles. The summed E-state index contributed by atoms with van der Waals surface area (Å²) >= 11 is 0. The molecule has 18 heavy (non-hydrogen) atoms. The number of amidine groups is 1. The summed E-state index contributed by atoms with van der Waals surface area (Å²) in [6, 6.07) is 20.1. The molecule has 0 aliphatic rings. The van der Waals surface area contributed by atoms with E-state index in [9.17, 15) is 0 Å². The first-order chi connectivity index (χ1) is 8.75. The molecule has 0 aromatic heterocycles. The van der Waals surface area contributed by atoms with Crippen LogP contribution in [0.25, 0.3) is 0 Å². The van der Waals surface area contributed by atoms with Gasteiger partial charge in [0.1, 0.15) is 5.84 Å². The zero-order valence-corrected chi connectivity index (χ0v) is 10.8. The number of aliphatic imine (C=N–C) groups is 1. The highest BCUT2D eigenvalue weighted by Crippen LogP contribution is 2.15. The number of para-hydroxylation sites is 2. The fourth-order valence-electron chi connectivity index (χ4n) is 1.61. The molecule has 2 nitrogen and oxygen atoms in total. The monoisotopic (exact) mass is 238 g/mol. The normalized spacial score (nSPS) is 11.6. The van der Waals surface area contributed by atoms with Crippen LogP contribution in [0.1, 0.15) is 13.8 Å². The number of nitrogens with zero attached hydrogens (tertiary/aromatic N) is 1. The van der Waals surface area contributed by atoms with Crippen LogP contribution in [0.3, 0.4) is 0 Å². The van der Waals surface area contributed by atoms with Crippen LogP contribution in [-0.4, -0.2) is 5.84 Å². The molecule has 0 aliphatic heterocycles. The van der Waals surface area contributed by atoms with Gasteiger partial charge in [0.25, 0.3) is 0 Å². The largest absolute Gasteiger partial charge is 0.344 e. The van der Waals surface area contributed by atoms with E-state index in [1.54, 1.807) is 0 Å². The van der Waals surface area contributed by atoms with E-state index in [0.29, 0.717) is 5.92 Å². The summed E-state index contributed by atoms with van der Waals surface area (Å²) in [5, 5.41) is 3.38. The third kappa shape index (κ3) is 3.45. The first-order valence-electron chi connectivity index (χ1n) is 6.21. The molecule has 2 rings (SSSR count). The Bertz CT molecular complexity index is 501. The third-order valence-electron chi connectivity index (χ3n) is 2.60. The lowest BCUT2D eigenvalue weighted by atomic mass is 10.2. The molecule has 0 atom stereocenters. The van der Waals surface area contributed by atoms with E-state index in [2.05, 4.69) is 24.2 Å². The van der Waals surface area contributed by atoms with Crippen LogP contribution in [0.15, 0.2) is 65.7 Å². The number of hydrogen-bond acceptors (Lipinski definition) is 1. The van der Waals surface area contributed by atoms with Crippen LogP contribution in [0.2, 0.25) is 0 Å². The molecule has 0 radical (unpaired) electrons. The van der Waals surface area contributed by atoms with Gasteiger partial charge in [0.05, 0.1) is 5.69 Å². The lowest BCUT2D eigenvalue weighted by Gasteiger charge is -2.13. The molecule has 0 bridgehead atoms. The first-order valence-corrected chi connectivity index (χ1v) is 6.21. The molecule has 0 fully saturated rings. The predicted octanol–water partition coefficient (Wildman–Crippen LogP) is 4.48. The van der Waals surface area contributed by atoms with Crippen molar-refractivity contribution in [1.82, 2.24) is 0 Å². The van der Waals surface area contributed by atoms with Crippen molar-refractivity contribution < 1.29 is 0 Å². The van der Waals surface area contributed by atoms with Crippen LogP contribution in [0.4, 0.5) is 11.4 Å². The maximum absolute atomic E-state index is 4.66. The van der Waals surface area contributed by atoms with Crippen molar-refractivity contribution in [1.29, 1.82) is 0 Å². The van der Waals surface area contributed by atoms with Gasteiger partial charge >= 0.3 is 0 Å². The molecule has 0 aliphatic carbocycles. The maximum atomic E-state index is 4.66. The molecule has 0 unspecified atom stereocenters. The summed E-state index contributed by atoms with van der Waals surface area (Å²) in [5.41, 5.74) is 2.05. The van der Waals surface area contributed by atoms with Gasteiger partial charge in [-0.15, -0.1) is 0 Å². The second kappa shape index (κ2) is 6.01. The van der Waals surface area contributed by atoms with E-state index >= 15 is 0 Å². The zero-order valence-electron chi connectivity index (χ0n) is 10.8. The molecule has 0 spiro atoms. The average Bonchev–Trinajstić information content (AvgIpc) is 2.40. The second-order valence-electron chi connectivity index (χ2n) is 4.48. The molecule has 0 amide bonds. The molecule has 0 heterocycles. The Hall–Kier alpha value is -2.09. The van der Waals surface area contributed by atoms with E-state index in [1.165, 1.54) is 0 Å². The Morgan fingerprint density at radius 1 is 0.889 bits per heavy atom. The second-order valence-corrected chi connectivity index (χ2v) is 4.48. The zero-order chi connectivity index (χ0) is 12.8. The molecular formula is C16H18N2. The number of hydrogen-bond donors (Lipinski definition) is 1. The van der Waals surface area contributed by atoms with Crippen LogP contribution in [0.5, 0.6) is 0 Å². The minimum atomic E-state index is 0.352. The van der Waals surface area contributed by atoms with Crippen LogP contribution < -0.4 is 5.32 Å². The summed E-state index contributed by atoms with van der Waals surface area (Å²) in [7, 11) is 0. The SMILES string of the molecule is CC(C)C(=Nc1ccccc1)Nc1ccccc1. The summed E-state index contributed by atoms with van der Waals surface area (Å²) < 4.78 is 0. The summed E-state index contributed by atoms with van der Waals surface area (Å²) in [6.45, 7) is 4.27. The summed E-state index contributed by atoms with van der Waals surface area (Å²) in [5.74, 6) is 1.33. The predicted molar refractivity (Wildman–Crippen MR) is 78.4 cm³/mol. The van der Waals surface area contributed by atoms with Gasteiger partial charge < -0.3 is 5.32 Å². The van der Waals surface area contributed by atoms with Gasteiger partial charge in [0.15, 0.2) is 0 Å². The Kier molecular flexibility index (Phi) is 4.13. The van der Waals surface area contributed by atoms with Gasteiger partial charge in [-0.3, -0.25) is 0 Å². The molecule has 0 saturated heterocycles. The minimum absolute atomic E-state index is 0.352. The molecular weight excluding hydrogens is 220 g/mol. The fraction of sp³-hybridized carbons (Fsp3) is 0.188. The number of rotatable bonds is 3. The number of nitrogens with one attached hydrogen (secondary N) is 1. The topological polar surface area (TPSA) is 24.4 Å². The van der Waals surface area contributed by atoms with Crippen molar-refractivity contribution in [3.63, 3.8) is 0 Å². The summed E-state index contributed by atoms with van der Waals surface area (Å²) in [6.07, 6.45) is 0. The third-order valence-corrected chi connectivity index (χ3v) is 2.60. The van der Waals surface area contributed by atoms with Crippen molar-refractivity contribution >= 4 is 17.2 Å². The lowest BCUT2D eigenvalue weighted by Crippen LogP contribution is -2.18. The van der Waals surface area contributed by atoms with Crippen LogP contribution in [-0.2, 0) is 0 Å². The minimum Gasteiger partial charge on any atom is -0.344 e. The van der Waals surface area contributed by atoms with Gasteiger partial charge in [-0.25, -0.2) is 4.99 Å². The fourth-order valence-corrected chi connectivity index (χ4v) is 1.61. The smallest absolute Gasteiger partial charge is 0.109 e. The Morgan fingerprint density at radius 2 is 1.44 bits per heavy atom. The Labute approximate surface area is 108 Å². The van der Waals surface area contributed by atoms with E-state index in [4.69, 9.17) is 0 Å². The van der Waals surface area contributed by atoms with Gasteiger partial charge in [-0.2, -0.15) is 0 Å². The van der Waals surface area contributed by atoms with Crippen molar-refractivity contribution in [2.24, 2.45) is 10.9 Å². The highest BCUT2D eigenvalue weighted by Gasteiger charge is 2.05. The molecule has 1 N–H and O–H groups in total. The van der Waals surface area contributed by atoms with Crippen LogP contribution >= 0.6 is 0 Å². The highest BCUT2D eigenvalue weighted by atomic mass is 15.0. The molecule has 2 heteroatoms. The standard InChI is InChI=1S/C16H18N2/c1-13(2)16(17-14-9-5-3-6-10-14)18-15-11-7-4-8-12-15/h3-13H,1-2H3,(H,17,18). The Morgan fingerprint density at radius 3 is 2.00 bits per heavy atom. The number of benzene rings is 2. The number of anilines is 1. The van der Waals surface area contributed by atoms with Gasteiger partial charge in [-0.1, -0.05) is 50.2 Å². The first kappa shape index (κ1) is 12.4. The average molecular weight is 238 g/mol. The molecule has 2 aromatic rings. The van der Waals surface area contributed by atoms with Gasteiger partial charge in [-0.05, 0) is 24.3 Å². The van der Waals surface area contributed by atoms with Crippen LogP contribution in [0, 0.1) is 5.92 Å². The van der Waals surface area contributed by atoms with Crippen molar-refractivity contribution in [2.45, 2.75) is 13.8 Å². The maximum Gasteiger partial charge on any atom is 0.109 e. The Balaban J connectivity index is 2.22. The van der Waals surface area contributed by atoms with E-state index in [0.717, 1.165) is 17.2 Å².